The second-order valence-corrected chi connectivity index (χ2v) is 6.44. The predicted octanol–water partition coefficient (Wildman–Crippen LogP) is 3.44. The van der Waals surface area contributed by atoms with Gasteiger partial charge in [-0.1, -0.05) is 18.2 Å². The quantitative estimate of drug-likeness (QED) is 0.719. The summed E-state index contributed by atoms with van der Waals surface area (Å²) in [6, 6.07) is 12.8. The minimum Gasteiger partial charge on any atom is -0.464 e. The number of rotatable bonds is 2. The number of hydrogen-bond acceptors (Lipinski definition) is 4. The van der Waals surface area contributed by atoms with Gasteiger partial charge >= 0.3 is 11.8 Å². The number of amides is 2. The molecule has 2 amide bonds. The second kappa shape index (κ2) is 6.63. The fourth-order valence-electron chi connectivity index (χ4n) is 3.45. The molecule has 1 N–H and O–H groups in total. The molecule has 1 aliphatic rings. The smallest absolute Gasteiger partial charge is 0.313 e. The first-order valence-electron chi connectivity index (χ1n) is 8.65. The van der Waals surface area contributed by atoms with Gasteiger partial charge in [-0.3, -0.25) is 14.6 Å². The Morgan fingerprint density at radius 3 is 2.85 bits per heavy atom. The molecular weight excluding hydrogens is 330 g/mol. The lowest BCUT2D eigenvalue weighted by atomic mass is 10.1. The van der Waals surface area contributed by atoms with Crippen LogP contribution in [0.3, 0.4) is 0 Å². The zero-order valence-corrected chi connectivity index (χ0v) is 14.4. The number of carbonyl (C=O) groups excluding carboxylic acids is 2. The number of benzene rings is 1. The van der Waals surface area contributed by atoms with Crippen LogP contribution in [0.1, 0.15) is 30.4 Å². The molecule has 0 radical (unpaired) electrons. The Bertz CT molecular complexity index is 974. The number of pyridine rings is 1. The van der Waals surface area contributed by atoms with Crippen molar-refractivity contribution in [1.82, 2.24) is 9.88 Å². The number of nitrogens with one attached hydrogen (secondary N) is 1. The highest BCUT2D eigenvalue weighted by Crippen LogP contribution is 2.33. The summed E-state index contributed by atoms with van der Waals surface area (Å²) >= 11 is 0. The monoisotopic (exact) mass is 349 g/mol. The van der Waals surface area contributed by atoms with Crippen molar-refractivity contribution in [3.05, 3.63) is 60.2 Å². The molecule has 6 nitrogen and oxygen atoms in total. The van der Waals surface area contributed by atoms with E-state index in [1.54, 1.807) is 17.2 Å². The molecule has 1 aromatic carbocycles. The van der Waals surface area contributed by atoms with Gasteiger partial charge in [0, 0.05) is 18.1 Å². The van der Waals surface area contributed by atoms with Crippen molar-refractivity contribution in [2.24, 2.45) is 0 Å². The molecule has 0 bridgehead atoms. The third kappa shape index (κ3) is 2.94. The Hall–Kier alpha value is -3.15. The molecule has 1 fully saturated rings. The maximum absolute atomic E-state index is 12.7. The van der Waals surface area contributed by atoms with Crippen LogP contribution in [-0.4, -0.2) is 28.2 Å². The summed E-state index contributed by atoms with van der Waals surface area (Å²) in [7, 11) is 0. The largest absolute Gasteiger partial charge is 0.464 e. The summed E-state index contributed by atoms with van der Waals surface area (Å²) in [6.45, 7) is 2.41. The van der Waals surface area contributed by atoms with Crippen LogP contribution in [0.25, 0.3) is 10.9 Å². The highest BCUT2D eigenvalue weighted by Gasteiger charge is 2.35. The van der Waals surface area contributed by atoms with E-state index in [0.29, 0.717) is 17.7 Å². The van der Waals surface area contributed by atoms with Gasteiger partial charge in [0.1, 0.15) is 11.5 Å². The van der Waals surface area contributed by atoms with Crippen molar-refractivity contribution in [3.8, 4) is 0 Å². The summed E-state index contributed by atoms with van der Waals surface area (Å²) in [5, 5.41) is 3.62. The number of aryl methyl sites for hydroxylation is 1. The first-order chi connectivity index (χ1) is 12.6. The molecule has 0 aliphatic carbocycles. The van der Waals surface area contributed by atoms with Crippen LogP contribution in [-0.2, 0) is 9.59 Å². The molecule has 0 saturated carbocycles. The highest BCUT2D eigenvalue weighted by atomic mass is 16.3. The van der Waals surface area contributed by atoms with Crippen molar-refractivity contribution >= 4 is 28.4 Å². The third-order valence-electron chi connectivity index (χ3n) is 4.68. The minimum atomic E-state index is -0.654. The molecule has 26 heavy (non-hydrogen) atoms. The SMILES string of the molecule is Cc1ccc(C2CCCN2C(=O)C(=O)Nc2cccc3cccnc23)o1. The minimum absolute atomic E-state index is 0.187. The number of anilines is 1. The van der Waals surface area contributed by atoms with E-state index >= 15 is 0 Å². The summed E-state index contributed by atoms with van der Waals surface area (Å²) < 4.78 is 5.67. The van der Waals surface area contributed by atoms with E-state index in [1.165, 1.54) is 0 Å². The van der Waals surface area contributed by atoms with E-state index in [9.17, 15) is 9.59 Å². The Morgan fingerprint density at radius 2 is 2.04 bits per heavy atom. The Kier molecular flexibility index (Phi) is 4.16. The lowest BCUT2D eigenvalue weighted by Gasteiger charge is -2.22. The molecular formula is C20H19N3O3. The third-order valence-corrected chi connectivity index (χ3v) is 4.68. The molecule has 2 aromatic heterocycles. The lowest BCUT2D eigenvalue weighted by Crippen LogP contribution is -2.39. The number of para-hydroxylation sites is 1. The number of likely N-dealkylation sites (tertiary alicyclic amines) is 1. The summed E-state index contributed by atoms with van der Waals surface area (Å²) in [5.41, 5.74) is 1.20. The lowest BCUT2D eigenvalue weighted by molar-refractivity contribution is -0.144. The van der Waals surface area contributed by atoms with Crippen LogP contribution >= 0.6 is 0 Å². The van der Waals surface area contributed by atoms with Crippen LogP contribution in [0, 0.1) is 6.92 Å². The van der Waals surface area contributed by atoms with Crippen molar-refractivity contribution in [1.29, 1.82) is 0 Å². The Morgan fingerprint density at radius 1 is 1.19 bits per heavy atom. The van der Waals surface area contributed by atoms with Gasteiger partial charge in [-0.25, -0.2) is 0 Å². The van der Waals surface area contributed by atoms with Gasteiger partial charge in [-0.15, -0.1) is 0 Å². The van der Waals surface area contributed by atoms with Crippen LogP contribution in [0.2, 0.25) is 0 Å². The van der Waals surface area contributed by atoms with Crippen LogP contribution in [0.5, 0.6) is 0 Å². The average molecular weight is 349 g/mol. The molecule has 1 aliphatic heterocycles. The topological polar surface area (TPSA) is 75.4 Å². The van der Waals surface area contributed by atoms with Crippen LogP contribution < -0.4 is 5.32 Å². The van der Waals surface area contributed by atoms with Crippen LogP contribution in [0.4, 0.5) is 5.69 Å². The van der Waals surface area contributed by atoms with Gasteiger partial charge in [-0.2, -0.15) is 0 Å². The van der Waals surface area contributed by atoms with Crippen molar-refractivity contribution in [2.45, 2.75) is 25.8 Å². The normalized spacial score (nSPS) is 16.8. The maximum Gasteiger partial charge on any atom is 0.313 e. The Labute approximate surface area is 150 Å². The molecule has 3 heterocycles. The molecule has 4 rings (SSSR count). The standard InChI is InChI=1S/C20H19N3O3/c1-13-9-10-17(26-13)16-8-4-12-23(16)20(25)19(24)22-15-7-2-5-14-6-3-11-21-18(14)15/h2-3,5-7,9-11,16H,4,8,12H2,1H3,(H,22,24). The first kappa shape index (κ1) is 16.3. The van der Waals surface area contributed by atoms with E-state index in [-0.39, 0.29) is 6.04 Å². The fraction of sp³-hybridized carbons (Fsp3) is 0.250. The number of aromatic nitrogens is 1. The number of hydrogen-bond donors (Lipinski definition) is 1. The maximum atomic E-state index is 12.7. The van der Waals surface area contributed by atoms with Crippen molar-refractivity contribution in [3.63, 3.8) is 0 Å². The van der Waals surface area contributed by atoms with E-state index in [4.69, 9.17) is 4.42 Å². The number of fused-ring (bicyclic) bond motifs is 1. The van der Waals surface area contributed by atoms with Gasteiger partial charge in [0.25, 0.3) is 0 Å². The van der Waals surface area contributed by atoms with Gasteiger partial charge < -0.3 is 14.6 Å². The van der Waals surface area contributed by atoms with E-state index in [2.05, 4.69) is 10.3 Å². The van der Waals surface area contributed by atoms with Gasteiger partial charge in [0.15, 0.2) is 0 Å². The molecule has 3 aromatic rings. The van der Waals surface area contributed by atoms with Gasteiger partial charge in [-0.05, 0) is 44.0 Å². The molecule has 1 unspecified atom stereocenters. The van der Waals surface area contributed by atoms with Crippen molar-refractivity contribution < 1.29 is 14.0 Å². The first-order valence-corrected chi connectivity index (χ1v) is 8.65. The zero-order chi connectivity index (χ0) is 18.1. The zero-order valence-electron chi connectivity index (χ0n) is 14.4. The van der Waals surface area contributed by atoms with E-state index < -0.39 is 11.8 Å². The number of carbonyl (C=O) groups is 2. The molecule has 132 valence electrons. The van der Waals surface area contributed by atoms with Gasteiger partial charge in [0.05, 0.1) is 17.2 Å². The predicted molar refractivity (Wildman–Crippen MR) is 97.5 cm³/mol. The van der Waals surface area contributed by atoms with Crippen molar-refractivity contribution in [2.75, 3.05) is 11.9 Å². The molecule has 6 heteroatoms. The molecule has 1 atom stereocenters. The van der Waals surface area contributed by atoms with Gasteiger partial charge in [0.2, 0.25) is 0 Å². The van der Waals surface area contributed by atoms with Crippen LogP contribution in [0.15, 0.2) is 53.1 Å². The Balaban J connectivity index is 1.55. The molecule has 1 saturated heterocycles. The second-order valence-electron chi connectivity index (χ2n) is 6.44. The number of furan rings is 1. The fourth-order valence-corrected chi connectivity index (χ4v) is 3.45. The summed E-state index contributed by atoms with van der Waals surface area (Å²) in [5.74, 6) is 0.325. The number of nitrogens with zero attached hydrogens (tertiary/aromatic N) is 2. The van der Waals surface area contributed by atoms with E-state index in [0.717, 1.165) is 29.7 Å². The van der Waals surface area contributed by atoms with E-state index in [1.807, 2.05) is 43.3 Å². The molecule has 0 spiro atoms. The summed E-state index contributed by atoms with van der Waals surface area (Å²) in [4.78, 5) is 31.2. The average Bonchev–Trinajstić information content (AvgIpc) is 3.30. The summed E-state index contributed by atoms with van der Waals surface area (Å²) in [6.07, 6.45) is 3.30. The highest BCUT2D eigenvalue weighted by molar-refractivity contribution is 6.40.